The van der Waals surface area contributed by atoms with Gasteiger partial charge in [-0.15, -0.1) is 0 Å². The Labute approximate surface area is 127 Å². The van der Waals surface area contributed by atoms with Gasteiger partial charge in [-0.25, -0.2) is 0 Å². The molecule has 2 rings (SSSR count). The first kappa shape index (κ1) is 15.1. The molecule has 0 saturated carbocycles. The summed E-state index contributed by atoms with van der Waals surface area (Å²) in [6, 6.07) is 6.92. The molecule has 0 spiro atoms. The number of hydrogen-bond donors (Lipinski definition) is 3. The van der Waals surface area contributed by atoms with E-state index in [0.717, 1.165) is 0 Å². The largest absolute Gasteiger partial charge is 0.506 e. The summed E-state index contributed by atoms with van der Waals surface area (Å²) < 4.78 is 0. The number of benzene rings is 1. The molecule has 0 fully saturated rings. The van der Waals surface area contributed by atoms with Gasteiger partial charge >= 0.3 is 0 Å². The second-order valence-electron chi connectivity index (χ2n) is 4.51. The van der Waals surface area contributed by atoms with Crippen LogP contribution in [0.2, 0.25) is 5.02 Å². The lowest BCUT2D eigenvalue weighted by Crippen LogP contribution is -2.06. The van der Waals surface area contributed by atoms with Gasteiger partial charge in [0.05, 0.1) is 34.6 Å². The standard InChI is InChI=1S/C15H14ClN3O2/c1-9-15(21)12(11(8-20)6-18-9)7-19-14-3-2-10(5-17)4-13(14)16/h2-4,6,19-21H,7-8H2,1H3. The van der Waals surface area contributed by atoms with Gasteiger partial charge in [-0.2, -0.15) is 5.26 Å². The Balaban J connectivity index is 2.25. The van der Waals surface area contributed by atoms with Crippen molar-refractivity contribution in [3.05, 3.63) is 51.8 Å². The highest BCUT2D eigenvalue weighted by Crippen LogP contribution is 2.27. The van der Waals surface area contributed by atoms with E-state index < -0.39 is 0 Å². The maximum Gasteiger partial charge on any atom is 0.142 e. The summed E-state index contributed by atoms with van der Waals surface area (Å²) in [7, 11) is 0. The predicted molar refractivity (Wildman–Crippen MR) is 80.1 cm³/mol. The van der Waals surface area contributed by atoms with E-state index in [9.17, 15) is 10.2 Å². The SMILES string of the molecule is Cc1ncc(CO)c(CNc2ccc(C#N)cc2Cl)c1O. The Hall–Kier alpha value is -2.29. The van der Waals surface area contributed by atoms with Crippen molar-refractivity contribution in [3.8, 4) is 11.8 Å². The molecule has 0 radical (unpaired) electrons. The van der Waals surface area contributed by atoms with Crippen LogP contribution in [0, 0.1) is 18.3 Å². The minimum Gasteiger partial charge on any atom is -0.506 e. The van der Waals surface area contributed by atoms with Gasteiger partial charge in [-0.05, 0) is 25.1 Å². The monoisotopic (exact) mass is 303 g/mol. The number of aryl methyl sites for hydroxylation is 1. The molecular formula is C15H14ClN3O2. The van der Waals surface area contributed by atoms with Crippen molar-refractivity contribution in [1.29, 1.82) is 5.26 Å². The molecular weight excluding hydrogens is 290 g/mol. The van der Waals surface area contributed by atoms with E-state index in [4.69, 9.17) is 16.9 Å². The van der Waals surface area contributed by atoms with Crippen LogP contribution in [0.15, 0.2) is 24.4 Å². The topological polar surface area (TPSA) is 89.2 Å². The van der Waals surface area contributed by atoms with Crippen molar-refractivity contribution in [3.63, 3.8) is 0 Å². The van der Waals surface area contributed by atoms with Crippen LogP contribution >= 0.6 is 11.6 Å². The van der Waals surface area contributed by atoms with E-state index in [2.05, 4.69) is 10.3 Å². The molecule has 0 atom stereocenters. The van der Waals surface area contributed by atoms with Gasteiger partial charge in [0.2, 0.25) is 0 Å². The van der Waals surface area contributed by atoms with E-state index in [-0.39, 0.29) is 18.9 Å². The zero-order chi connectivity index (χ0) is 15.4. The molecule has 5 nitrogen and oxygen atoms in total. The molecule has 0 aliphatic rings. The average molecular weight is 304 g/mol. The maximum absolute atomic E-state index is 10.0. The minimum atomic E-state index is -0.209. The van der Waals surface area contributed by atoms with E-state index >= 15 is 0 Å². The van der Waals surface area contributed by atoms with E-state index in [1.807, 2.05) is 6.07 Å². The number of nitrogens with zero attached hydrogens (tertiary/aromatic N) is 2. The van der Waals surface area contributed by atoms with Crippen LogP contribution in [-0.2, 0) is 13.2 Å². The molecule has 0 saturated heterocycles. The smallest absolute Gasteiger partial charge is 0.142 e. The highest BCUT2D eigenvalue weighted by Gasteiger charge is 2.12. The fourth-order valence-electron chi connectivity index (χ4n) is 1.93. The summed E-state index contributed by atoms with van der Waals surface area (Å²) in [6.07, 6.45) is 1.53. The molecule has 108 valence electrons. The molecule has 0 aliphatic heterocycles. The summed E-state index contributed by atoms with van der Waals surface area (Å²) in [5.41, 5.74) is 2.74. The zero-order valence-corrected chi connectivity index (χ0v) is 12.1. The minimum absolute atomic E-state index is 0.0545. The third-order valence-corrected chi connectivity index (χ3v) is 3.47. The zero-order valence-electron chi connectivity index (χ0n) is 11.4. The summed E-state index contributed by atoms with van der Waals surface area (Å²) >= 11 is 6.08. The van der Waals surface area contributed by atoms with Gasteiger partial charge in [-0.1, -0.05) is 11.6 Å². The number of anilines is 1. The van der Waals surface area contributed by atoms with Crippen LogP contribution in [-0.4, -0.2) is 15.2 Å². The normalized spacial score (nSPS) is 10.2. The summed E-state index contributed by atoms with van der Waals surface area (Å²) in [6.45, 7) is 1.77. The van der Waals surface area contributed by atoms with Gasteiger partial charge in [-0.3, -0.25) is 4.98 Å². The van der Waals surface area contributed by atoms with Crippen LogP contribution < -0.4 is 5.32 Å². The molecule has 1 heterocycles. The number of nitrogens with one attached hydrogen (secondary N) is 1. The first-order chi connectivity index (χ1) is 10.1. The molecule has 0 aliphatic carbocycles. The van der Waals surface area contributed by atoms with Crippen molar-refractivity contribution >= 4 is 17.3 Å². The number of nitriles is 1. The molecule has 3 N–H and O–H groups in total. The van der Waals surface area contributed by atoms with Gasteiger partial charge in [0.1, 0.15) is 5.75 Å². The van der Waals surface area contributed by atoms with Crippen molar-refractivity contribution in [2.24, 2.45) is 0 Å². The van der Waals surface area contributed by atoms with Crippen molar-refractivity contribution < 1.29 is 10.2 Å². The molecule has 0 bridgehead atoms. The van der Waals surface area contributed by atoms with E-state index in [0.29, 0.717) is 33.1 Å². The fourth-order valence-corrected chi connectivity index (χ4v) is 2.18. The van der Waals surface area contributed by atoms with Crippen LogP contribution in [0.4, 0.5) is 5.69 Å². The van der Waals surface area contributed by atoms with Gasteiger partial charge in [0.15, 0.2) is 0 Å². The Kier molecular flexibility index (Phi) is 4.63. The predicted octanol–water partition coefficient (Wildman–Crippen LogP) is 2.73. The Morgan fingerprint density at radius 1 is 1.43 bits per heavy atom. The Morgan fingerprint density at radius 3 is 2.81 bits per heavy atom. The number of aliphatic hydroxyl groups is 1. The second-order valence-corrected chi connectivity index (χ2v) is 4.92. The van der Waals surface area contributed by atoms with Crippen LogP contribution in [0.25, 0.3) is 0 Å². The number of pyridine rings is 1. The molecule has 1 aromatic carbocycles. The van der Waals surface area contributed by atoms with Crippen molar-refractivity contribution in [1.82, 2.24) is 4.98 Å². The van der Waals surface area contributed by atoms with Gasteiger partial charge < -0.3 is 15.5 Å². The Morgan fingerprint density at radius 2 is 2.19 bits per heavy atom. The third kappa shape index (κ3) is 3.24. The number of halogens is 1. The third-order valence-electron chi connectivity index (χ3n) is 3.15. The summed E-state index contributed by atoms with van der Waals surface area (Å²) in [4.78, 5) is 4.01. The lowest BCUT2D eigenvalue weighted by Gasteiger charge is -2.14. The quantitative estimate of drug-likeness (QED) is 0.808. The van der Waals surface area contributed by atoms with Gasteiger partial charge in [0, 0.05) is 23.9 Å². The molecule has 0 unspecified atom stereocenters. The highest BCUT2D eigenvalue weighted by molar-refractivity contribution is 6.33. The summed E-state index contributed by atoms with van der Waals surface area (Å²) in [5.74, 6) is 0.0545. The fraction of sp³-hybridized carbons (Fsp3) is 0.200. The molecule has 21 heavy (non-hydrogen) atoms. The van der Waals surface area contributed by atoms with Crippen LogP contribution in [0.3, 0.4) is 0 Å². The lowest BCUT2D eigenvalue weighted by atomic mass is 10.1. The maximum atomic E-state index is 10.0. The van der Waals surface area contributed by atoms with Crippen molar-refractivity contribution in [2.75, 3.05) is 5.32 Å². The molecule has 1 aromatic heterocycles. The second kappa shape index (κ2) is 6.44. The summed E-state index contributed by atoms with van der Waals surface area (Å²) in [5, 5.41) is 31.7. The molecule has 6 heteroatoms. The van der Waals surface area contributed by atoms with Crippen LogP contribution in [0.5, 0.6) is 5.75 Å². The van der Waals surface area contributed by atoms with E-state index in [1.54, 1.807) is 25.1 Å². The first-order valence-electron chi connectivity index (χ1n) is 6.27. The van der Waals surface area contributed by atoms with Gasteiger partial charge in [0.25, 0.3) is 0 Å². The van der Waals surface area contributed by atoms with Crippen LogP contribution in [0.1, 0.15) is 22.4 Å². The number of aliphatic hydroxyl groups excluding tert-OH is 1. The van der Waals surface area contributed by atoms with E-state index in [1.165, 1.54) is 6.20 Å². The lowest BCUT2D eigenvalue weighted by molar-refractivity contribution is 0.279. The number of hydrogen-bond acceptors (Lipinski definition) is 5. The average Bonchev–Trinajstić information content (AvgIpc) is 2.49. The molecule has 2 aromatic rings. The number of aromatic nitrogens is 1. The highest BCUT2D eigenvalue weighted by atomic mass is 35.5. The molecule has 0 amide bonds. The number of aromatic hydroxyl groups is 1. The van der Waals surface area contributed by atoms with Crippen molar-refractivity contribution in [2.45, 2.75) is 20.1 Å². The Bertz CT molecular complexity index is 711. The number of rotatable bonds is 4. The first-order valence-corrected chi connectivity index (χ1v) is 6.65.